The Hall–Kier alpha value is -1.91. The van der Waals surface area contributed by atoms with Gasteiger partial charge in [-0.15, -0.1) is 0 Å². The van der Waals surface area contributed by atoms with E-state index in [2.05, 4.69) is 5.32 Å². The summed E-state index contributed by atoms with van der Waals surface area (Å²) >= 11 is 5.89. The molecule has 0 fully saturated rings. The minimum absolute atomic E-state index is 0.0297. The molecule has 2 aromatic carbocycles. The average molecular weight is 322 g/mol. The van der Waals surface area contributed by atoms with Crippen molar-refractivity contribution in [3.63, 3.8) is 0 Å². The van der Waals surface area contributed by atoms with E-state index in [0.29, 0.717) is 5.56 Å². The van der Waals surface area contributed by atoms with Gasteiger partial charge in [0.15, 0.2) is 0 Å². The zero-order valence-corrected chi connectivity index (χ0v) is 12.9. The van der Waals surface area contributed by atoms with Gasteiger partial charge >= 0.3 is 0 Å². The maximum atomic E-state index is 13.6. The zero-order chi connectivity index (χ0) is 16.2. The van der Waals surface area contributed by atoms with Crippen LogP contribution in [-0.4, -0.2) is 17.6 Å². The van der Waals surface area contributed by atoms with Gasteiger partial charge in [-0.25, -0.2) is 4.39 Å². The van der Waals surface area contributed by atoms with Gasteiger partial charge in [0.2, 0.25) is 5.91 Å². The highest BCUT2D eigenvalue weighted by molar-refractivity contribution is 6.31. The van der Waals surface area contributed by atoms with E-state index >= 15 is 0 Å². The molecule has 1 atom stereocenters. The number of halogens is 2. The minimum Gasteiger partial charge on any atom is -0.384 e. The van der Waals surface area contributed by atoms with Gasteiger partial charge in [0.25, 0.3) is 0 Å². The Labute approximate surface area is 133 Å². The van der Waals surface area contributed by atoms with E-state index in [1.54, 1.807) is 19.1 Å². The number of aliphatic hydroxyl groups is 1. The number of nitrogens with one attached hydrogen (secondary N) is 1. The second-order valence-electron chi connectivity index (χ2n) is 5.29. The van der Waals surface area contributed by atoms with E-state index in [0.717, 1.165) is 0 Å². The summed E-state index contributed by atoms with van der Waals surface area (Å²) in [6.07, 6.45) is -0.170. The van der Waals surface area contributed by atoms with E-state index in [1.165, 1.54) is 18.2 Å². The van der Waals surface area contributed by atoms with Crippen LogP contribution in [0.4, 0.5) is 4.39 Å². The van der Waals surface area contributed by atoms with E-state index in [9.17, 15) is 14.3 Å². The smallest absolute Gasteiger partial charge is 0.224 e. The fraction of sp³-hybridized carbons (Fsp3) is 0.235. The molecule has 2 rings (SSSR count). The third kappa shape index (κ3) is 4.06. The lowest BCUT2D eigenvalue weighted by Gasteiger charge is -2.24. The fourth-order valence-electron chi connectivity index (χ4n) is 2.09. The Morgan fingerprint density at radius 3 is 2.55 bits per heavy atom. The summed E-state index contributed by atoms with van der Waals surface area (Å²) in [4.78, 5) is 11.9. The summed E-state index contributed by atoms with van der Waals surface area (Å²) in [6, 6.07) is 13.3. The lowest BCUT2D eigenvalue weighted by Crippen LogP contribution is -2.39. The van der Waals surface area contributed by atoms with Gasteiger partial charge in [-0.05, 0) is 24.6 Å². The normalized spacial score (nSPS) is 13.5. The van der Waals surface area contributed by atoms with Gasteiger partial charge in [0.05, 0.1) is 13.0 Å². The fourth-order valence-corrected chi connectivity index (χ4v) is 2.32. The van der Waals surface area contributed by atoms with Crippen molar-refractivity contribution >= 4 is 17.5 Å². The number of hydrogen-bond donors (Lipinski definition) is 2. The Morgan fingerprint density at radius 1 is 1.23 bits per heavy atom. The summed E-state index contributed by atoms with van der Waals surface area (Å²) in [5.41, 5.74) is -0.351. The molecule has 116 valence electrons. The summed E-state index contributed by atoms with van der Waals surface area (Å²) in [7, 11) is 0. The third-order valence-electron chi connectivity index (χ3n) is 3.42. The number of carbonyl (C=O) groups excluding carboxylic acids is 1. The molecule has 2 N–H and O–H groups in total. The molecule has 2 aromatic rings. The highest BCUT2D eigenvalue weighted by Crippen LogP contribution is 2.21. The largest absolute Gasteiger partial charge is 0.384 e. The molecule has 0 radical (unpaired) electrons. The van der Waals surface area contributed by atoms with Crippen LogP contribution in [0, 0.1) is 5.82 Å². The Bertz CT molecular complexity index is 639. The molecule has 5 heteroatoms. The lowest BCUT2D eigenvalue weighted by atomic mass is 9.96. The second-order valence-corrected chi connectivity index (χ2v) is 5.70. The molecule has 0 bridgehead atoms. The van der Waals surface area contributed by atoms with Crippen LogP contribution in [0.25, 0.3) is 0 Å². The van der Waals surface area contributed by atoms with Crippen molar-refractivity contribution < 1.29 is 14.3 Å². The van der Waals surface area contributed by atoms with Crippen molar-refractivity contribution in [2.45, 2.75) is 18.9 Å². The Morgan fingerprint density at radius 2 is 1.91 bits per heavy atom. The number of amides is 1. The molecular formula is C17H17ClFNO2. The first-order valence-electron chi connectivity index (χ1n) is 6.87. The lowest BCUT2D eigenvalue weighted by molar-refractivity contribution is -0.121. The molecule has 1 amide bonds. The summed E-state index contributed by atoms with van der Waals surface area (Å²) < 4.78 is 13.6. The van der Waals surface area contributed by atoms with Crippen LogP contribution in [0.3, 0.4) is 0 Å². The predicted molar refractivity (Wildman–Crippen MR) is 84.1 cm³/mol. The average Bonchev–Trinajstić information content (AvgIpc) is 2.50. The second kappa shape index (κ2) is 6.90. The molecule has 0 aromatic heterocycles. The first-order chi connectivity index (χ1) is 10.4. The number of benzene rings is 2. The van der Waals surface area contributed by atoms with E-state index < -0.39 is 17.3 Å². The van der Waals surface area contributed by atoms with E-state index in [-0.39, 0.29) is 23.6 Å². The van der Waals surface area contributed by atoms with Crippen LogP contribution >= 0.6 is 11.6 Å². The molecule has 0 spiro atoms. The van der Waals surface area contributed by atoms with Crippen LogP contribution in [0.5, 0.6) is 0 Å². The van der Waals surface area contributed by atoms with Crippen molar-refractivity contribution in [3.8, 4) is 0 Å². The quantitative estimate of drug-likeness (QED) is 0.889. The van der Waals surface area contributed by atoms with Crippen molar-refractivity contribution in [2.75, 3.05) is 6.54 Å². The van der Waals surface area contributed by atoms with E-state index in [1.807, 2.05) is 18.2 Å². The van der Waals surface area contributed by atoms with E-state index in [4.69, 9.17) is 11.6 Å². The van der Waals surface area contributed by atoms with Crippen molar-refractivity contribution in [1.82, 2.24) is 5.32 Å². The van der Waals surface area contributed by atoms with Gasteiger partial charge < -0.3 is 10.4 Å². The standard InChI is InChI=1S/C17H17ClFNO2/c1-17(22,12-6-3-2-4-7-12)11-20-16(21)10-13-14(18)8-5-9-15(13)19/h2-9,22H,10-11H2,1H3,(H,20,21). The topological polar surface area (TPSA) is 49.3 Å². The third-order valence-corrected chi connectivity index (χ3v) is 3.78. The molecule has 1 unspecified atom stereocenters. The maximum Gasteiger partial charge on any atom is 0.224 e. The summed E-state index contributed by atoms with van der Waals surface area (Å²) in [5, 5.41) is 13.2. The van der Waals surface area contributed by atoms with Crippen LogP contribution < -0.4 is 5.32 Å². The monoisotopic (exact) mass is 321 g/mol. The van der Waals surface area contributed by atoms with Crippen molar-refractivity contribution in [1.29, 1.82) is 0 Å². The molecule has 0 aliphatic rings. The van der Waals surface area contributed by atoms with Gasteiger partial charge in [-0.3, -0.25) is 4.79 Å². The van der Waals surface area contributed by atoms with Crippen LogP contribution in [0.2, 0.25) is 5.02 Å². The highest BCUT2D eigenvalue weighted by atomic mass is 35.5. The summed E-state index contributed by atoms with van der Waals surface area (Å²) in [5.74, 6) is -0.916. The number of carbonyl (C=O) groups is 1. The molecule has 0 heterocycles. The maximum absolute atomic E-state index is 13.6. The molecule has 0 aliphatic carbocycles. The SMILES string of the molecule is CC(O)(CNC(=O)Cc1c(F)cccc1Cl)c1ccccc1. The highest BCUT2D eigenvalue weighted by Gasteiger charge is 2.23. The number of hydrogen-bond acceptors (Lipinski definition) is 2. The van der Waals surface area contributed by atoms with Gasteiger partial charge in [-0.2, -0.15) is 0 Å². The molecular weight excluding hydrogens is 305 g/mol. The predicted octanol–water partition coefficient (Wildman–Crippen LogP) is 3.05. The van der Waals surface area contributed by atoms with Crippen molar-refractivity contribution in [3.05, 3.63) is 70.5 Å². The van der Waals surface area contributed by atoms with Crippen LogP contribution in [-0.2, 0) is 16.8 Å². The van der Waals surface area contributed by atoms with Gasteiger partial charge in [-0.1, -0.05) is 48.0 Å². The molecule has 22 heavy (non-hydrogen) atoms. The molecule has 3 nitrogen and oxygen atoms in total. The Kier molecular flexibility index (Phi) is 5.16. The minimum atomic E-state index is -1.20. The summed E-state index contributed by atoms with van der Waals surface area (Å²) in [6.45, 7) is 1.64. The molecule has 0 saturated carbocycles. The van der Waals surface area contributed by atoms with Crippen LogP contribution in [0.1, 0.15) is 18.1 Å². The molecule has 0 aliphatic heterocycles. The first kappa shape index (κ1) is 16.5. The van der Waals surface area contributed by atoms with Crippen molar-refractivity contribution in [2.24, 2.45) is 0 Å². The first-order valence-corrected chi connectivity index (χ1v) is 7.25. The van der Waals surface area contributed by atoms with Crippen LogP contribution in [0.15, 0.2) is 48.5 Å². The zero-order valence-electron chi connectivity index (χ0n) is 12.1. The van der Waals surface area contributed by atoms with Gasteiger partial charge in [0, 0.05) is 10.6 Å². The van der Waals surface area contributed by atoms with Gasteiger partial charge in [0.1, 0.15) is 11.4 Å². The number of rotatable bonds is 5. The Balaban J connectivity index is 1.99. The molecule has 0 saturated heterocycles.